The van der Waals surface area contributed by atoms with Crippen LogP contribution in [-0.4, -0.2) is 36.1 Å². The quantitative estimate of drug-likeness (QED) is 0.768. The van der Waals surface area contributed by atoms with E-state index in [1.165, 1.54) is 0 Å². The Labute approximate surface area is 125 Å². The Bertz CT molecular complexity index is 784. The van der Waals surface area contributed by atoms with Crippen molar-refractivity contribution in [3.05, 3.63) is 35.0 Å². The number of rotatable bonds is 2. The van der Waals surface area contributed by atoms with Crippen molar-refractivity contribution in [3.8, 4) is 10.7 Å². The summed E-state index contributed by atoms with van der Waals surface area (Å²) in [4.78, 5) is 5.38. The van der Waals surface area contributed by atoms with Crippen molar-refractivity contribution in [2.75, 3.05) is 6.54 Å². The van der Waals surface area contributed by atoms with Gasteiger partial charge in [-0.3, -0.25) is 4.68 Å². The third-order valence-electron chi connectivity index (χ3n) is 3.62. The monoisotopic (exact) mass is 301 g/mol. The van der Waals surface area contributed by atoms with E-state index in [0.29, 0.717) is 0 Å². The molecular weight excluding hydrogens is 286 g/mol. The Morgan fingerprint density at radius 3 is 2.95 bits per heavy atom. The molecule has 108 valence electrons. The highest BCUT2D eigenvalue weighted by molar-refractivity contribution is 7.14. The van der Waals surface area contributed by atoms with Crippen molar-refractivity contribution in [3.63, 3.8) is 0 Å². The second kappa shape index (κ2) is 4.74. The Balaban J connectivity index is 1.78. The van der Waals surface area contributed by atoms with Gasteiger partial charge < -0.3 is 9.88 Å². The highest BCUT2D eigenvalue weighted by atomic mass is 32.1. The van der Waals surface area contributed by atoms with Gasteiger partial charge in [-0.2, -0.15) is 5.10 Å². The molecule has 4 rings (SSSR count). The minimum absolute atomic E-state index is 0.0442. The van der Waals surface area contributed by atoms with Crippen molar-refractivity contribution >= 4 is 11.3 Å². The molecule has 3 aromatic rings. The van der Waals surface area contributed by atoms with E-state index in [0.717, 1.165) is 40.2 Å². The number of nitrogens with zero attached hydrogens (tertiary/aromatic N) is 6. The molecule has 0 spiro atoms. The summed E-state index contributed by atoms with van der Waals surface area (Å²) in [5.41, 5.74) is 1.11. The predicted molar refractivity (Wildman–Crippen MR) is 78.9 cm³/mol. The van der Waals surface area contributed by atoms with E-state index >= 15 is 0 Å². The molecule has 3 aromatic heterocycles. The van der Waals surface area contributed by atoms with Crippen LogP contribution in [0.5, 0.6) is 0 Å². The third kappa shape index (κ3) is 2.07. The number of hydrogen-bond acceptors (Lipinski definition) is 6. The Morgan fingerprint density at radius 2 is 2.24 bits per heavy atom. The standard InChI is InChI=1S/C13H15N7S/c1-8-15-6-10(21-8)12-17-18-13-11(14-3-4-20(12)13)9-5-16-19(2)7-9/h5-7,11,14H,3-4H2,1-2H3. The molecule has 0 aliphatic carbocycles. The first-order chi connectivity index (χ1) is 10.2. The Kier molecular flexibility index (Phi) is 2.86. The second-order valence-electron chi connectivity index (χ2n) is 5.11. The van der Waals surface area contributed by atoms with Gasteiger partial charge >= 0.3 is 0 Å². The summed E-state index contributed by atoms with van der Waals surface area (Å²) in [5, 5.41) is 17.6. The lowest BCUT2D eigenvalue weighted by molar-refractivity contribution is 0.458. The molecule has 0 saturated heterocycles. The van der Waals surface area contributed by atoms with E-state index in [9.17, 15) is 0 Å². The van der Waals surface area contributed by atoms with Gasteiger partial charge in [0, 0.05) is 38.1 Å². The lowest BCUT2D eigenvalue weighted by Gasteiger charge is -2.24. The fourth-order valence-corrected chi connectivity index (χ4v) is 3.44. The second-order valence-corrected chi connectivity index (χ2v) is 6.35. The van der Waals surface area contributed by atoms with Crippen LogP contribution in [-0.2, 0) is 13.6 Å². The average molecular weight is 301 g/mol. The molecule has 1 unspecified atom stereocenters. The highest BCUT2D eigenvalue weighted by Crippen LogP contribution is 2.30. The summed E-state index contributed by atoms with van der Waals surface area (Å²) in [5.74, 6) is 1.85. The van der Waals surface area contributed by atoms with Gasteiger partial charge in [-0.05, 0) is 6.92 Å². The molecule has 4 heterocycles. The molecule has 0 aromatic carbocycles. The van der Waals surface area contributed by atoms with Crippen molar-refractivity contribution in [1.29, 1.82) is 0 Å². The van der Waals surface area contributed by atoms with Crippen LogP contribution in [0.4, 0.5) is 0 Å². The number of nitrogens with one attached hydrogen (secondary N) is 1. The van der Waals surface area contributed by atoms with Crippen molar-refractivity contribution in [2.45, 2.75) is 19.5 Å². The van der Waals surface area contributed by atoms with Crippen LogP contribution in [0.15, 0.2) is 18.6 Å². The molecule has 21 heavy (non-hydrogen) atoms. The van der Waals surface area contributed by atoms with Gasteiger partial charge in [-0.1, -0.05) is 0 Å². The maximum atomic E-state index is 4.40. The number of thiazole rings is 1. The van der Waals surface area contributed by atoms with E-state index in [-0.39, 0.29) is 6.04 Å². The lowest BCUT2D eigenvalue weighted by Crippen LogP contribution is -2.34. The van der Waals surface area contributed by atoms with Crippen LogP contribution in [0.1, 0.15) is 22.4 Å². The van der Waals surface area contributed by atoms with E-state index in [2.05, 4.69) is 30.2 Å². The zero-order valence-corrected chi connectivity index (χ0v) is 12.6. The average Bonchev–Trinajstić information content (AvgIpc) is 3.17. The molecule has 1 atom stereocenters. The smallest absolute Gasteiger partial charge is 0.175 e. The Hall–Kier alpha value is -2.06. The van der Waals surface area contributed by atoms with Crippen LogP contribution >= 0.6 is 11.3 Å². The number of hydrogen-bond donors (Lipinski definition) is 1. The molecule has 1 N–H and O–H groups in total. The summed E-state index contributed by atoms with van der Waals surface area (Å²) in [6, 6.07) is 0.0442. The molecule has 1 aliphatic heterocycles. The summed E-state index contributed by atoms with van der Waals surface area (Å²) < 4.78 is 3.99. The molecule has 7 nitrogen and oxygen atoms in total. The fourth-order valence-electron chi connectivity index (χ4n) is 2.66. The molecule has 8 heteroatoms. The summed E-state index contributed by atoms with van der Waals surface area (Å²) in [6.07, 6.45) is 5.76. The first-order valence-electron chi connectivity index (χ1n) is 6.80. The maximum absolute atomic E-state index is 4.40. The van der Waals surface area contributed by atoms with Crippen LogP contribution in [0.25, 0.3) is 10.7 Å². The molecule has 1 aliphatic rings. The summed E-state index contributed by atoms with van der Waals surface area (Å²) in [7, 11) is 1.92. The molecule has 0 radical (unpaired) electrons. The maximum Gasteiger partial charge on any atom is 0.175 e. The van der Waals surface area contributed by atoms with Crippen molar-refractivity contribution in [1.82, 2.24) is 34.8 Å². The molecule has 0 saturated carbocycles. The van der Waals surface area contributed by atoms with Crippen LogP contribution in [0.3, 0.4) is 0 Å². The SMILES string of the molecule is Cc1ncc(-c2nnc3n2CCNC3c2cnn(C)c2)s1. The minimum atomic E-state index is 0.0442. The van der Waals surface area contributed by atoms with Crippen molar-refractivity contribution < 1.29 is 0 Å². The lowest BCUT2D eigenvalue weighted by atomic mass is 10.1. The zero-order valence-electron chi connectivity index (χ0n) is 11.8. The topological polar surface area (TPSA) is 73.5 Å². The minimum Gasteiger partial charge on any atom is -0.307 e. The van der Waals surface area contributed by atoms with Gasteiger partial charge in [-0.25, -0.2) is 4.98 Å². The first kappa shape index (κ1) is 12.7. The van der Waals surface area contributed by atoms with Gasteiger partial charge in [0.2, 0.25) is 0 Å². The van der Waals surface area contributed by atoms with Crippen LogP contribution < -0.4 is 5.32 Å². The fraction of sp³-hybridized carbons (Fsp3) is 0.385. The van der Waals surface area contributed by atoms with Gasteiger partial charge in [0.05, 0.1) is 22.1 Å². The van der Waals surface area contributed by atoms with E-state index in [1.807, 2.05) is 32.6 Å². The molecule has 0 amide bonds. The highest BCUT2D eigenvalue weighted by Gasteiger charge is 2.28. The van der Waals surface area contributed by atoms with Gasteiger partial charge in [0.25, 0.3) is 0 Å². The van der Waals surface area contributed by atoms with Gasteiger partial charge in [0.15, 0.2) is 11.6 Å². The normalized spacial score (nSPS) is 17.9. The Morgan fingerprint density at radius 1 is 1.33 bits per heavy atom. The van der Waals surface area contributed by atoms with E-state index in [1.54, 1.807) is 16.0 Å². The third-order valence-corrected chi connectivity index (χ3v) is 4.53. The predicted octanol–water partition coefficient (Wildman–Crippen LogP) is 1.14. The van der Waals surface area contributed by atoms with Gasteiger partial charge in [-0.15, -0.1) is 21.5 Å². The zero-order chi connectivity index (χ0) is 14.4. The molecule has 0 fully saturated rings. The molecule has 0 bridgehead atoms. The van der Waals surface area contributed by atoms with Crippen LogP contribution in [0, 0.1) is 6.92 Å². The number of aryl methyl sites for hydroxylation is 2. The molecular formula is C13H15N7S. The van der Waals surface area contributed by atoms with Crippen LogP contribution in [0.2, 0.25) is 0 Å². The summed E-state index contributed by atoms with van der Waals surface area (Å²) >= 11 is 1.65. The summed E-state index contributed by atoms with van der Waals surface area (Å²) in [6.45, 7) is 3.75. The number of aromatic nitrogens is 6. The van der Waals surface area contributed by atoms with Gasteiger partial charge in [0.1, 0.15) is 0 Å². The first-order valence-corrected chi connectivity index (χ1v) is 7.62. The van der Waals surface area contributed by atoms with E-state index < -0.39 is 0 Å². The number of fused-ring (bicyclic) bond motifs is 1. The largest absolute Gasteiger partial charge is 0.307 e. The van der Waals surface area contributed by atoms with Crippen molar-refractivity contribution in [2.24, 2.45) is 7.05 Å². The van der Waals surface area contributed by atoms with E-state index in [4.69, 9.17) is 0 Å².